The van der Waals surface area contributed by atoms with E-state index in [2.05, 4.69) is 5.32 Å². The number of hydrogen-bond acceptors (Lipinski definition) is 4. The van der Waals surface area contributed by atoms with Crippen molar-refractivity contribution in [2.75, 3.05) is 10.8 Å². The summed E-state index contributed by atoms with van der Waals surface area (Å²) < 4.78 is 29.1. The van der Waals surface area contributed by atoms with Gasteiger partial charge in [0.05, 0.1) is 15.6 Å². The predicted octanol–water partition coefficient (Wildman–Crippen LogP) is 7.40. The summed E-state index contributed by atoms with van der Waals surface area (Å²) in [5.41, 5.74) is 0.857. The van der Waals surface area contributed by atoms with Crippen molar-refractivity contribution in [3.8, 4) is 0 Å². The van der Waals surface area contributed by atoms with Gasteiger partial charge in [0.15, 0.2) is 0 Å². The Balaban J connectivity index is 1.84. The van der Waals surface area contributed by atoms with Gasteiger partial charge in [-0.2, -0.15) is 0 Å². The highest BCUT2D eigenvalue weighted by molar-refractivity contribution is 7.92. The highest BCUT2D eigenvalue weighted by Gasteiger charge is 2.36. The summed E-state index contributed by atoms with van der Waals surface area (Å²) in [6.07, 6.45) is 0.164. The Hall–Kier alpha value is -3.56. The number of anilines is 1. The monoisotopic (exact) mass is 685 g/mol. The number of nitrogens with one attached hydrogen (secondary N) is 1. The lowest BCUT2D eigenvalue weighted by atomic mass is 10.0. The van der Waals surface area contributed by atoms with Crippen LogP contribution in [0.4, 0.5) is 5.69 Å². The molecule has 1 atom stereocenters. The van der Waals surface area contributed by atoms with E-state index in [0.29, 0.717) is 15.6 Å². The number of sulfonamides is 1. The Labute approximate surface area is 279 Å². The van der Waals surface area contributed by atoms with Gasteiger partial charge in [0.25, 0.3) is 10.0 Å². The average molecular weight is 687 g/mol. The molecule has 0 aliphatic carbocycles. The second-order valence-corrected chi connectivity index (χ2v) is 14.6. The zero-order valence-electron chi connectivity index (χ0n) is 25.1. The van der Waals surface area contributed by atoms with Gasteiger partial charge in [0.1, 0.15) is 12.6 Å². The average Bonchev–Trinajstić information content (AvgIpc) is 2.99. The first-order chi connectivity index (χ1) is 21.3. The van der Waals surface area contributed by atoms with E-state index in [-0.39, 0.29) is 28.6 Å². The molecule has 4 rings (SSSR count). The molecule has 4 aromatic rings. The standard InChI is InChI=1S/C34H34Cl3N3O4S/c1-34(2,3)38-33(42)31(20-24-12-6-4-7-13-24)39(22-25-18-19-26(35)21-29(25)37)32(41)23-40(30-17-11-10-16-28(30)36)45(43,44)27-14-8-5-9-15-27/h4-19,21,31H,20,22-23H2,1-3H3,(H,38,42)/t31-/m1/s1. The quantitative estimate of drug-likeness (QED) is 0.178. The maximum Gasteiger partial charge on any atom is 0.264 e. The van der Waals surface area contributed by atoms with E-state index in [4.69, 9.17) is 34.8 Å². The van der Waals surface area contributed by atoms with Crippen LogP contribution in [0.25, 0.3) is 0 Å². The number of benzene rings is 4. The minimum Gasteiger partial charge on any atom is -0.350 e. The van der Waals surface area contributed by atoms with Gasteiger partial charge in [-0.15, -0.1) is 0 Å². The second-order valence-electron chi connectivity index (χ2n) is 11.5. The van der Waals surface area contributed by atoms with Crippen molar-refractivity contribution in [3.63, 3.8) is 0 Å². The number of para-hydroxylation sites is 1. The van der Waals surface area contributed by atoms with E-state index in [0.717, 1.165) is 9.87 Å². The van der Waals surface area contributed by atoms with Crippen molar-refractivity contribution >= 4 is 62.3 Å². The predicted molar refractivity (Wildman–Crippen MR) is 181 cm³/mol. The molecular formula is C34H34Cl3N3O4S. The van der Waals surface area contributed by atoms with Crippen LogP contribution < -0.4 is 9.62 Å². The summed E-state index contributed by atoms with van der Waals surface area (Å²) in [7, 11) is -4.27. The van der Waals surface area contributed by atoms with Crippen molar-refractivity contribution < 1.29 is 18.0 Å². The van der Waals surface area contributed by atoms with Gasteiger partial charge in [-0.25, -0.2) is 8.42 Å². The maximum atomic E-state index is 14.5. The van der Waals surface area contributed by atoms with Gasteiger partial charge < -0.3 is 10.2 Å². The molecule has 236 valence electrons. The molecule has 4 aromatic carbocycles. The Morgan fingerprint density at radius 1 is 0.800 bits per heavy atom. The van der Waals surface area contributed by atoms with Crippen LogP contribution in [0.15, 0.2) is 108 Å². The topological polar surface area (TPSA) is 86.8 Å². The molecule has 0 fully saturated rings. The molecule has 0 bridgehead atoms. The van der Waals surface area contributed by atoms with Crippen LogP contribution in [0, 0.1) is 0 Å². The van der Waals surface area contributed by atoms with Gasteiger partial charge >= 0.3 is 0 Å². The molecule has 0 spiro atoms. The smallest absolute Gasteiger partial charge is 0.264 e. The Bertz CT molecular complexity index is 1750. The number of halogens is 3. The molecule has 45 heavy (non-hydrogen) atoms. The molecule has 0 unspecified atom stereocenters. The Kier molecular flexibility index (Phi) is 11.2. The van der Waals surface area contributed by atoms with Gasteiger partial charge in [0.2, 0.25) is 11.8 Å². The number of carbonyl (C=O) groups excluding carboxylic acids is 2. The van der Waals surface area contributed by atoms with E-state index in [1.54, 1.807) is 54.6 Å². The van der Waals surface area contributed by atoms with Crippen LogP contribution in [0.3, 0.4) is 0 Å². The number of rotatable bonds is 11. The number of nitrogens with zero attached hydrogens (tertiary/aromatic N) is 2. The van der Waals surface area contributed by atoms with Crippen molar-refractivity contribution in [2.24, 2.45) is 0 Å². The largest absolute Gasteiger partial charge is 0.350 e. The van der Waals surface area contributed by atoms with Crippen molar-refractivity contribution in [1.29, 1.82) is 0 Å². The lowest BCUT2D eigenvalue weighted by molar-refractivity contribution is -0.140. The molecule has 0 aromatic heterocycles. The van der Waals surface area contributed by atoms with Gasteiger partial charge in [-0.1, -0.05) is 102 Å². The van der Waals surface area contributed by atoms with E-state index in [9.17, 15) is 18.0 Å². The van der Waals surface area contributed by atoms with Crippen LogP contribution in [0.5, 0.6) is 0 Å². The van der Waals surface area contributed by atoms with Crippen LogP contribution in [-0.2, 0) is 32.6 Å². The van der Waals surface area contributed by atoms with E-state index in [1.165, 1.54) is 23.1 Å². The van der Waals surface area contributed by atoms with Gasteiger partial charge in [0, 0.05) is 28.5 Å². The first-order valence-corrected chi connectivity index (χ1v) is 16.8. The SMILES string of the molecule is CC(C)(C)NC(=O)[C@@H](Cc1ccccc1)N(Cc1ccc(Cl)cc1Cl)C(=O)CN(c1ccccc1Cl)S(=O)(=O)c1ccccc1. The molecule has 7 nitrogen and oxygen atoms in total. The van der Waals surface area contributed by atoms with Crippen LogP contribution in [-0.4, -0.2) is 43.3 Å². The molecular weight excluding hydrogens is 653 g/mol. The molecule has 2 amide bonds. The summed E-state index contributed by atoms with van der Waals surface area (Å²) in [6.45, 7) is 4.81. The Morgan fingerprint density at radius 3 is 2.00 bits per heavy atom. The normalized spacial score (nSPS) is 12.3. The van der Waals surface area contributed by atoms with E-state index < -0.39 is 40.0 Å². The molecule has 11 heteroatoms. The first kappa shape index (κ1) is 34.3. The minimum atomic E-state index is -4.27. The molecule has 0 heterocycles. The Morgan fingerprint density at radius 2 is 1.40 bits per heavy atom. The number of carbonyl (C=O) groups is 2. The highest BCUT2D eigenvalue weighted by Crippen LogP contribution is 2.31. The zero-order valence-corrected chi connectivity index (χ0v) is 28.2. The molecule has 0 aliphatic heterocycles. The molecule has 0 saturated carbocycles. The summed E-state index contributed by atoms with van der Waals surface area (Å²) >= 11 is 19.2. The van der Waals surface area contributed by atoms with Gasteiger partial charge in [-0.3, -0.25) is 13.9 Å². The fourth-order valence-electron chi connectivity index (χ4n) is 4.73. The molecule has 0 aliphatic rings. The summed E-state index contributed by atoms with van der Waals surface area (Å²) in [5, 5.41) is 3.85. The number of hydrogen-bond donors (Lipinski definition) is 1. The maximum absolute atomic E-state index is 14.5. The fourth-order valence-corrected chi connectivity index (χ4v) is 6.94. The third-order valence-corrected chi connectivity index (χ3v) is 9.54. The second kappa shape index (κ2) is 14.7. The summed E-state index contributed by atoms with van der Waals surface area (Å²) in [5.74, 6) is -1.04. The lowest BCUT2D eigenvalue weighted by Gasteiger charge is -2.35. The van der Waals surface area contributed by atoms with Crippen LogP contribution in [0.2, 0.25) is 15.1 Å². The summed E-state index contributed by atoms with van der Waals surface area (Å²) in [4.78, 5) is 29.8. The van der Waals surface area contributed by atoms with Gasteiger partial charge in [-0.05, 0) is 68.3 Å². The van der Waals surface area contributed by atoms with E-state index in [1.807, 2.05) is 51.1 Å². The van der Waals surface area contributed by atoms with Crippen molar-refractivity contribution in [2.45, 2.75) is 50.2 Å². The fraction of sp³-hybridized carbons (Fsp3) is 0.235. The first-order valence-electron chi connectivity index (χ1n) is 14.2. The molecule has 0 radical (unpaired) electrons. The number of amides is 2. The van der Waals surface area contributed by atoms with E-state index >= 15 is 0 Å². The van der Waals surface area contributed by atoms with Crippen LogP contribution in [0.1, 0.15) is 31.9 Å². The third kappa shape index (κ3) is 9.01. The third-order valence-electron chi connectivity index (χ3n) is 6.86. The lowest BCUT2D eigenvalue weighted by Crippen LogP contribution is -2.56. The van der Waals surface area contributed by atoms with Crippen LogP contribution >= 0.6 is 34.8 Å². The van der Waals surface area contributed by atoms with Crippen molar-refractivity contribution in [3.05, 3.63) is 129 Å². The molecule has 1 N–H and O–H groups in total. The highest BCUT2D eigenvalue weighted by atomic mass is 35.5. The zero-order chi connectivity index (χ0) is 32.8. The minimum absolute atomic E-state index is 0.0173. The van der Waals surface area contributed by atoms with Crippen molar-refractivity contribution in [1.82, 2.24) is 10.2 Å². The summed E-state index contributed by atoms with van der Waals surface area (Å²) in [6, 6.07) is 27.3. The molecule has 0 saturated heterocycles.